The van der Waals surface area contributed by atoms with Crippen LogP contribution in [-0.4, -0.2) is 98.2 Å². The van der Waals surface area contributed by atoms with Crippen molar-refractivity contribution in [2.45, 2.75) is 167 Å². The number of phosphoric acid groups is 1. The van der Waals surface area contributed by atoms with Crippen LogP contribution in [0.2, 0.25) is 0 Å². The van der Waals surface area contributed by atoms with Gasteiger partial charge in [-0.25, -0.2) is 0 Å². The lowest BCUT2D eigenvalue weighted by Gasteiger charge is -2.28. The smallest absolute Gasteiger partial charge is 0.306 e. The molecular weight excluding hydrogens is 822 g/mol. The summed E-state index contributed by atoms with van der Waals surface area (Å²) in [6.07, 6.45) is 38.3. The van der Waals surface area contributed by atoms with Crippen LogP contribution in [0.1, 0.15) is 149 Å². The monoisotopic (exact) mass is 906 g/mol. The van der Waals surface area contributed by atoms with E-state index in [0.717, 1.165) is 83.5 Å². The highest BCUT2D eigenvalue weighted by molar-refractivity contribution is 7.45. The molecule has 12 nitrogen and oxygen atoms in total. The maximum Gasteiger partial charge on any atom is 0.306 e. The molecule has 2 N–H and O–H groups in total. The average molecular weight is 906 g/mol. The number of ether oxygens (including phenoxy) is 2. The molecule has 1 aliphatic carbocycles. The van der Waals surface area contributed by atoms with Gasteiger partial charge in [0, 0.05) is 31.1 Å². The van der Waals surface area contributed by atoms with Gasteiger partial charge in [-0.2, -0.15) is 0 Å². The summed E-state index contributed by atoms with van der Waals surface area (Å²) in [6, 6.07) is 0. The highest BCUT2D eigenvalue weighted by atomic mass is 31.2. The number of phosphoric ester groups is 1. The Hall–Kier alpha value is -2.96. The molecule has 1 rings (SSSR count). The number of carbonyl (C=O) groups excluding carboxylic acids is 3. The molecule has 63 heavy (non-hydrogen) atoms. The molecule has 0 aromatic carbocycles. The first kappa shape index (κ1) is 58.1. The summed E-state index contributed by atoms with van der Waals surface area (Å²) >= 11 is 0. The predicted octanol–water partition coefficient (Wildman–Crippen LogP) is 9.76. The molecule has 1 aliphatic rings. The van der Waals surface area contributed by atoms with Gasteiger partial charge in [0.15, 0.2) is 6.10 Å². The molecular formula is C50H84NO11P. The van der Waals surface area contributed by atoms with Gasteiger partial charge in [0.1, 0.15) is 25.5 Å². The van der Waals surface area contributed by atoms with E-state index in [1.54, 1.807) is 6.08 Å². The molecule has 0 aliphatic heterocycles. The Morgan fingerprint density at radius 1 is 0.778 bits per heavy atom. The maximum absolute atomic E-state index is 12.8. The van der Waals surface area contributed by atoms with E-state index >= 15 is 0 Å². The van der Waals surface area contributed by atoms with Crippen molar-refractivity contribution in [3.8, 4) is 0 Å². The zero-order valence-corrected chi connectivity index (χ0v) is 40.4. The van der Waals surface area contributed by atoms with Crippen LogP contribution in [0.25, 0.3) is 0 Å². The van der Waals surface area contributed by atoms with Gasteiger partial charge in [-0.3, -0.25) is 18.9 Å². The number of Topliss-reactive ketones (excluding diaryl/α,β-unsaturated/α-hetero) is 1. The molecule has 1 fully saturated rings. The minimum absolute atomic E-state index is 0.0359. The molecule has 0 aromatic rings. The molecule has 0 aromatic heterocycles. The average Bonchev–Trinajstić information content (AvgIpc) is 3.50. The first-order valence-corrected chi connectivity index (χ1v) is 25.2. The molecule has 13 heteroatoms. The van der Waals surface area contributed by atoms with E-state index in [9.17, 15) is 34.1 Å². The molecule has 0 spiro atoms. The minimum atomic E-state index is -4.71. The van der Waals surface area contributed by atoms with Gasteiger partial charge < -0.3 is 38.1 Å². The van der Waals surface area contributed by atoms with E-state index in [2.05, 4.69) is 74.6 Å². The fraction of sp³-hybridized carbons (Fsp3) is 0.700. The normalized spacial score (nSPS) is 19.4. The fourth-order valence-corrected chi connectivity index (χ4v) is 7.60. The summed E-state index contributed by atoms with van der Waals surface area (Å²) in [5.74, 6) is -1.61. The number of rotatable bonds is 38. The van der Waals surface area contributed by atoms with Crippen molar-refractivity contribution in [2.24, 2.45) is 11.8 Å². The van der Waals surface area contributed by atoms with Crippen molar-refractivity contribution in [3.05, 3.63) is 72.9 Å². The van der Waals surface area contributed by atoms with Gasteiger partial charge in [-0.1, -0.05) is 132 Å². The number of aliphatic hydroxyl groups excluding tert-OH is 2. The Balaban J connectivity index is 2.47. The van der Waals surface area contributed by atoms with Gasteiger partial charge in [-0.05, 0) is 70.6 Å². The highest BCUT2D eigenvalue weighted by Crippen LogP contribution is 2.38. The topological polar surface area (TPSA) is 169 Å². The summed E-state index contributed by atoms with van der Waals surface area (Å²) in [7, 11) is 0.987. The third-order valence-corrected chi connectivity index (χ3v) is 11.6. The van der Waals surface area contributed by atoms with Crippen LogP contribution in [0.3, 0.4) is 0 Å². The number of nitrogens with zero attached hydrogens (tertiary/aromatic N) is 1. The van der Waals surface area contributed by atoms with Crippen molar-refractivity contribution in [1.82, 2.24) is 0 Å². The lowest BCUT2D eigenvalue weighted by molar-refractivity contribution is -0.870. The van der Waals surface area contributed by atoms with Crippen molar-refractivity contribution >= 4 is 25.5 Å². The van der Waals surface area contributed by atoms with Crippen LogP contribution in [-0.2, 0) is 37.5 Å². The van der Waals surface area contributed by atoms with Crippen LogP contribution in [0.5, 0.6) is 0 Å². The van der Waals surface area contributed by atoms with Crippen LogP contribution >= 0.6 is 7.82 Å². The standard InChI is InChI=1S/C50H84NO11P/c1-6-8-10-11-12-13-14-15-16-17-18-19-20-21-22-23-24-25-30-34-49(55)59-41-44(42-61-63(57,58)60-39-38-51(3,4)5)62-50(56)35-31-27-26-29-33-45-46(48(54)40-47(45)53)37-36-43(52)32-28-9-7-2/h8,10,12-13,15-16,18-19,21-22,36-37,43-46,48,52,54H,6-7,9,11,14,17,20,23-35,38-42H2,1-5H3/b10-8-,13-12-,16-15-,19-18-,22-21-,37-36+/t43-,44+,45+,46+,48+/m0/s1. The summed E-state index contributed by atoms with van der Waals surface area (Å²) in [4.78, 5) is 50.5. The first-order chi connectivity index (χ1) is 30.2. The van der Waals surface area contributed by atoms with Crippen LogP contribution < -0.4 is 4.89 Å². The second-order valence-electron chi connectivity index (χ2n) is 17.5. The number of esters is 2. The molecule has 0 bridgehead atoms. The number of allylic oxidation sites excluding steroid dienone is 10. The molecule has 0 amide bonds. The third kappa shape index (κ3) is 33.2. The van der Waals surface area contributed by atoms with Gasteiger partial charge in [-0.15, -0.1) is 0 Å². The third-order valence-electron chi connectivity index (χ3n) is 10.6. The second-order valence-corrected chi connectivity index (χ2v) is 18.9. The summed E-state index contributed by atoms with van der Waals surface area (Å²) in [6.45, 7) is 3.68. The van der Waals surface area contributed by atoms with Crippen molar-refractivity contribution in [1.29, 1.82) is 0 Å². The molecule has 1 saturated carbocycles. The second kappa shape index (κ2) is 36.3. The van der Waals surface area contributed by atoms with Crippen molar-refractivity contribution in [2.75, 3.05) is 47.5 Å². The Morgan fingerprint density at radius 2 is 1.37 bits per heavy atom. The van der Waals surface area contributed by atoms with Gasteiger partial charge in [0.2, 0.25) is 0 Å². The van der Waals surface area contributed by atoms with Gasteiger partial charge >= 0.3 is 11.9 Å². The van der Waals surface area contributed by atoms with Crippen molar-refractivity contribution < 1.29 is 57.1 Å². The van der Waals surface area contributed by atoms with E-state index in [0.29, 0.717) is 43.1 Å². The predicted molar refractivity (Wildman–Crippen MR) is 250 cm³/mol. The Labute approximate surface area is 380 Å². The number of hydrogen-bond donors (Lipinski definition) is 2. The number of carbonyl (C=O) groups is 3. The Bertz CT molecular complexity index is 1460. The van der Waals surface area contributed by atoms with Crippen LogP contribution in [0.4, 0.5) is 0 Å². The zero-order valence-electron chi connectivity index (χ0n) is 39.5. The van der Waals surface area contributed by atoms with Gasteiger partial charge in [0.05, 0.1) is 40.0 Å². The quantitative estimate of drug-likeness (QED) is 0.0199. The lowest BCUT2D eigenvalue weighted by Crippen LogP contribution is -2.37. The first-order valence-electron chi connectivity index (χ1n) is 23.7. The molecule has 0 radical (unpaired) electrons. The largest absolute Gasteiger partial charge is 0.756 e. The van der Waals surface area contributed by atoms with Crippen molar-refractivity contribution in [3.63, 3.8) is 0 Å². The lowest BCUT2D eigenvalue weighted by atomic mass is 9.88. The Kier molecular flexibility index (Phi) is 33.4. The number of quaternary nitrogens is 1. The highest BCUT2D eigenvalue weighted by Gasteiger charge is 2.39. The minimum Gasteiger partial charge on any atom is -0.756 e. The van der Waals surface area contributed by atoms with Crippen LogP contribution in [0.15, 0.2) is 72.9 Å². The molecule has 1 unspecified atom stereocenters. The Morgan fingerprint density at radius 3 is 1.98 bits per heavy atom. The number of ketones is 1. The molecule has 0 heterocycles. The zero-order chi connectivity index (χ0) is 46.6. The summed E-state index contributed by atoms with van der Waals surface area (Å²) in [5.41, 5.74) is 0. The SMILES string of the molecule is CC/C=C\C/C=C\C/C=C\C/C=C\C/C=C\CCCCCC(=O)OC[C@H](COP(=O)([O-])OCC[N+](C)(C)C)OC(=O)CCCCCC[C@H]1C(=O)C[C@@H](O)[C@@H]1/C=C/[C@@H](O)CCCCC. The molecule has 6 atom stereocenters. The number of aliphatic hydroxyl groups is 2. The summed E-state index contributed by atoms with van der Waals surface area (Å²) in [5, 5.41) is 20.8. The van der Waals surface area contributed by atoms with E-state index in [1.807, 2.05) is 27.2 Å². The summed E-state index contributed by atoms with van der Waals surface area (Å²) < 4.78 is 33.9. The fourth-order valence-electron chi connectivity index (χ4n) is 6.87. The van der Waals surface area contributed by atoms with E-state index < -0.39 is 44.7 Å². The van der Waals surface area contributed by atoms with E-state index in [4.69, 9.17) is 18.5 Å². The molecule has 0 saturated heterocycles. The van der Waals surface area contributed by atoms with Gasteiger partial charge in [0.25, 0.3) is 7.82 Å². The molecule has 360 valence electrons. The number of likely N-dealkylation sites (N-methyl/N-ethyl adjacent to an activating group) is 1. The number of hydrogen-bond acceptors (Lipinski definition) is 11. The van der Waals surface area contributed by atoms with Crippen LogP contribution in [0, 0.1) is 11.8 Å². The maximum atomic E-state index is 12.8. The van der Waals surface area contributed by atoms with E-state index in [-0.39, 0.29) is 50.1 Å². The number of unbranched alkanes of at least 4 members (excludes halogenated alkanes) is 8. The van der Waals surface area contributed by atoms with E-state index in [1.165, 1.54) is 0 Å².